The van der Waals surface area contributed by atoms with Crippen LogP contribution in [-0.2, 0) is 0 Å². The molecule has 0 radical (unpaired) electrons. The number of ether oxygens (including phenoxy) is 1. The van der Waals surface area contributed by atoms with Gasteiger partial charge >= 0.3 is 6.09 Å². The molecule has 0 unspecified atom stereocenters. The van der Waals surface area contributed by atoms with Gasteiger partial charge in [-0.1, -0.05) is 11.6 Å². The zero-order valence-electron chi connectivity index (χ0n) is 14.6. The van der Waals surface area contributed by atoms with E-state index < -0.39 is 6.09 Å². The average molecular weight is 399 g/mol. The molecule has 3 heterocycles. The maximum Gasteiger partial charge on any atom is 0.407 e. The molecule has 1 fully saturated rings. The number of piperidine rings is 1. The minimum absolute atomic E-state index is 0.0426. The quantitative estimate of drug-likeness (QED) is 0.717. The van der Waals surface area contributed by atoms with Crippen LogP contribution in [0.4, 0.5) is 4.79 Å². The van der Waals surface area contributed by atoms with Gasteiger partial charge in [-0.3, -0.25) is 0 Å². The number of hydrogen-bond donors (Lipinski definition) is 1. The molecule has 1 aliphatic rings. The zero-order chi connectivity index (χ0) is 19.7. The van der Waals surface area contributed by atoms with Crippen molar-refractivity contribution in [2.45, 2.75) is 18.9 Å². The average Bonchev–Trinajstić information content (AvgIpc) is 3.14. The largest absolute Gasteiger partial charge is 0.465 e. The maximum atomic E-state index is 11.1. The molecular formula is C18H15ClN6O3. The molecule has 0 saturated carbocycles. The Kier molecular flexibility index (Phi) is 4.71. The van der Waals surface area contributed by atoms with Gasteiger partial charge in [0.1, 0.15) is 23.5 Å². The Labute approximate surface area is 164 Å². The van der Waals surface area contributed by atoms with Crippen molar-refractivity contribution in [3.05, 3.63) is 41.3 Å². The highest BCUT2D eigenvalue weighted by Gasteiger charge is 2.26. The van der Waals surface area contributed by atoms with E-state index in [1.54, 1.807) is 23.0 Å². The molecular weight excluding hydrogens is 384 g/mol. The Bertz CT molecular complexity index is 1080. The number of carboxylic acid groups (broad SMARTS) is 1. The molecule has 0 bridgehead atoms. The van der Waals surface area contributed by atoms with Crippen molar-refractivity contribution < 1.29 is 14.6 Å². The SMILES string of the molecule is N#Cc1cc(Cl)ccc1Oc1ncnc2c1cnn2C1CCN(C(=O)O)CC1. The van der Waals surface area contributed by atoms with E-state index in [1.807, 2.05) is 6.07 Å². The number of halogens is 1. The lowest BCUT2D eigenvalue weighted by atomic mass is 10.1. The minimum Gasteiger partial charge on any atom is -0.465 e. The van der Waals surface area contributed by atoms with E-state index in [0.29, 0.717) is 53.3 Å². The summed E-state index contributed by atoms with van der Waals surface area (Å²) in [4.78, 5) is 21.0. The third-order valence-electron chi connectivity index (χ3n) is 4.70. The van der Waals surface area contributed by atoms with Crippen LogP contribution in [0.5, 0.6) is 11.6 Å². The summed E-state index contributed by atoms with van der Waals surface area (Å²) in [6.45, 7) is 0.901. The van der Waals surface area contributed by atoms with Crippen LogP contribution in [0, 0.1) is 11.3 Å². The minimum atomic E-state index is -0.905. The third-order valence-corrected chi connectivity index (χ3v) is 4.94. The molecule has 1 saturated heterocycles. The van der Waals surface area contributed by atoms with Crippen molar-refractivity contribution in [1.82, 2.24) is 24.6 Å². The van der Waals surface area contributed by atoms with Crippen LogP contribution in [0.2, 0.25) is 5.02 Å². The van der Waals surface area contributed by atoms with Gasteiger partial charge in [0.25, 0.3) is 0 Å². The van der Waals surface area contributed by atoms with E-state index in [1.165, 1.54) is 17.3 Å². The second kappa shape index (κ2) is 7.32. The van der Waals surface area contributed by atoms with Crippen LogP contribution in [0.3, 0.4) is 0 Å². The maximum absolute atomic E-state index is 11.1. The van der Waals surface area contributed by atoms with E-state index in [4.69, 9.17) is 21.4 Å². The molecule has 3 aromatic rings. The molecule has 0 atom stereocenters. The van der Waals surface area contributed by atoms with Gasteiger partial charge in [0, 0.05) is 18.1 Å². The van der Waals surface area contributed by atoms with Crippen molar-refractivity contribution in [1.29, 1.82) is 5.26 Å². The van der Waals surface area contributed by atoms with Crippen LogP contribution in [0.25, 0.3) is 11.0 Å². The molecule has 0 spiro atoms. The summed E-state index contributed by atoms with van der Waals surface area (Å²) in [7, 11) is 0. The summed E-state index contributed by atoms with van der Waals surface area (Å²) < 4.78 is 7.63. The molecule has 1 aliphatic heterocycles. The van der Waals surface area contributed by atoms with Crippen molar-refractivity contribution in [3.8, 4) is 17.7 Å². The number of rotatable bonds is 3. The molecule has 142 valence electrons. The molecule has 28 heavy (non-hydrogen) atoms. The summed E-state index contributed by atoms with van der Waals surface area (Å²) in [5.41, 5.74) is 0.902. The van der Waals surface area contributed by atoms with E-state index in [-0.39, 0.29) is 11.9 Å². The van der Waals surface area contributed by atoms with Gasteiger partial charge in [0.05, 0.1) is 17.8 Å². The van der Waals surface area contributed by atoms with Crippen LogP contribution >= 0.6 is 11.6 Å². The van der Waals surface area contributed by atoms with Crippen LogP contribution < -0.4 is 4.74 Å². The Morgan fingerprint density at radius 2 is 2.11 bits per heavy atom. The third kappa shape index (κ3) is 3.30. The summed E-state index contributed by atoms with van der Waals surface area (Å²) in [6, 6.07) is 6.86. The lowest BCUT2D eigenvalue weighted by molar-refractivity contribution is 0.124. The second-order valence-corrected chi connectivity index (χ2v) is 6.80. The number of nitriles is 1. The van der Waals surface area contributed by atoms with Gasteiger partial charge in [0.15, 0.2) is 5.65 Å². The molecule has 9 nitrogen and oxygen atoms in total. The Morgan fingerprint density at radius 3 is 2.82 bits per heavy atom. The number of carbonyl (C=O) groups is 1. The predicted octanol–water partition coefficient (Wildman–Crippen LogP) is 3.46. The predicted molar refractivity (Wildman–Crippen MR) is 99.4 cm³/mol. The first-order valence-corrected chi connectivity index (χ1v) is 8.98. The molecule has 4 rings (SSSR count). The summed E-state index contributed by atoms with van der Waals surface area (Å²) in [6.07, 6.45) is 3.40. The lowest BCUT2D eigenvalue weighted by Gasteiger charge is -2.30. The second-order valence-electron chi connectivity index (χ2n) is 6.36. The van der Waals surface area contributed by atoms with E-state index in [2.05, 4.69) is 15.1 Å². The highest BCUT2D eigenvalue weighted by Crippen LogP contribution is 2.32. The number of amides is 1. The van der Waals surface area contributed by atoms with Crippen molar-refractivity contribution in [2.75, 3.05) is 13.1 Å². The Balaban J connectivity index is 1.63. The van der Waals surface area contributed by atoms with Gasteiger partial charge in [-0.25, -0.2) is 19.4 Å². The van der Waals surface area contributed by atoms with Gasteiger partial charge in [-0.15, -0.1) is 0 Å². The topological polar surface area (TPSA) is 117 Å². The lowest BCUT2D eigenvalue weighted by Crippen LogP contribution is -2.38. The number of benzene rings is 1. The smallest absolute Gasteiger partial charge is 0.407 e. The van der Waals surface area contributed by atoms with Crippen LogP contribution in [0.15, 0.2) is 30.7 Å². The Hall–Kier alpha value is -3.38. The number of fused-ring (bicyclic) bond motifs is 1. The highest BCUT2D eigenvalue weighted by atomic mass is 35.5. The molecule has 1 N–H and O–H groups in total. The van der Waals surface area contributed by atoms with E-state index in [0.717, 1.165) is 0 Å². The van der Waals surface area contributed by atoms with Crippen molar-refractivity contribution in [3.63, 3.8) is 0 Å². The Morgan fingerprint density at radius 1 is 1.32 bits per heavy atom. The zero-order valence-corrected chi connectivity index (χ0v) is 15.4. The summed E-state index contributed by atoms with van der Waals surface area (Å²) in [5.74, 6) is 0.632. The first-order valence-electron chi connectivity index (χ1n) is 8.60. The number of aromatic nitrogens is 4. The molecule has 1 amide bonds. The summed E-state index contributed by atoms with van der Waals surface area (Å²) >= 11 is 5.93. The van der Waals surface area contributed by atoms with Gasteiger partial charge in [-0.2, -0.15) is 10.4 Å². The van der Waals surface area contributed by atoms with E-state index >= 15 is 0 Å². The fourth-order valence-electron chi connectivity index (χ4n) is 3.27. The fraction of sp³-hybridized carbons (Fsp3) is 0.278. The van der Waals surface area contributed by atoms with Crippen LogP contribution in [0.1, 0.15) is 24.4 Å². The normalized spacial score (nSPS) is 14.8. The first kappa shape index (κ1) is 18.0. The molecule has 2 aromatic heterocycles. The van der Waals surface area contributed by atoms with E-state index in [9.17, 15) is 10.1 Å². The molecule has 1 aromatic carbocycles. The van der Waals surface area contributed by atoms with Gasteiger partial charge in [-0.05, 0) is 31.0 Å². The number of likely N-dealkylation sites (tertiary alicyclic amines) is 1. The standard InChI is InChI=1S/C18H15ClN6O3/c19-12-1-2-15(11(7-12)8-20)28-17-14-9-23-25(16(14)21-10-22-17)13-3-5-24(6-4-13)18(26)27/h1-2,7,9-10,13H,3-6H2,(H,26,27). The molecule has 10 heteroatoms. The van der Waals surface area contributed by atoms with Gasteiger partial charge in [0.2, 0.25) is 5.88 Å². The number of nitrogens with zero attached hydrogens (tertiary/aromatic N) is 6. The van der Waals surface area contributed by atoms with Crippen LogP contribution in [-0.4, -0.2) is 48.9 Å². The highest BCUT2D eigenvalue weighted by molar-refractivity contribution is 6.30. The van der Waals surface area contributed by atoms with Gasteiger partial charge < -0.3 is 14.7 Å². The summed E-state index contributed by atoms with van der Waals surface area (Å²) in [5, 5.41) is 23.9. The molecule has 0 aliphatic carbocycles. The van der Waals surface area contributed by atoms with Crippen molar-refractivity contribution in [2.24, 2.45) is 0 Å². The fourth-order valence-corrected chi connectivity index (χ4v) is 3.45. The number of hydrogen-bond acceptors (Lipinski definition) is 6. The monoisotopic (exact) mass is 398 g/mol. The van der Waals surface area contributed by atoms with Crippen molar-refractivity contribution >= 4 is 28.7 Å². The first-order chi connectivity index (χ1) is 13.6.